The molecule has 0 fully saturated rings. The first-order chi connectivity index (χ1) is 12.7. The molecule has 1 N–H and O–H groups in total. The molecule has 0 saturated heterocycles. The van der Waals surface area contributed by atoms with Gasteiger partial charge in [-0.15, -0.1) is 17.0 Å². The molecule has 142 valence electrons. The number of hydrogen-bond acceptors (Lipinski definition) is 1. The minimum absolute atomic E-state index is 0. The van der Waals surface area contributed by atoms with E-state index >= 15 is 0 Å². The van der Waals surface area contributed by atoms with E-state index in [2.05, 4.69) is 6.92 Å². The van der Waals surface area contributed by atoms with Crippen molar-refractivity contribution in [2.24, 2.45) is 0 Å². The summed E-state index contributed by atoms with van der Waals surface area (Å²) < 4.78 is 0. The fraction of sp³-hybridized carbons (Fsp3) is 0.174. The molecule has 0 saturated carbocycles. The van der Waals surface area contributed by atoms with Gasteiger partial charge in [-0.05, 0) is 0 Å². The average molecular weight is 445 g/mol. The summed E-state index contributed by atoms with van der Waals surface area (Å²) >= 11 is 0. The SMILES string of the molecule is Br.CCCCP(C(=O)O)(c1ccccc1)(c1ccccc1)c1ccccc1. The molecule has 27 heavy (non-hydrogen) atoms. The summed E-state index contributed by atoms with van der Waals surface area (Å²) in [4.78, 5) is 13.3. The average Bonchev–Trinajstić information content (AvgIpc) is 2.71. The molecule has 4 heteroatoms. The molecule has 0 atom stereocenters. The van der Waals surface area contributed by atoms with E-state index in [1.165, 1.54) is 0 Å². The van der Waals surface area contributed by atoms with Gasteiger partial charge in [-0.3, -0.25) is 0 Å². The van der Waals surface area contributed by atoms with Gasteiger partial charge in [0.25, 0.3) is 0 Å². The molecule has 3 rings (SSSR count). The Hall–Kier alpha value is -1.96. The van der Waals surface area contributed by atoms with E-state index in [0.717, 1.165) is 28.8 Å². The van der Waals surface area contributed by atoms with Gasteiger partial charge in [0.1, 0.15) is 0 Å². The maximum atomic E-state index is 13.3. The van der Waals surface area contributed by atoms with Crippen molar-refractivity contribution in [1.29, 1.82) is 0 Å². The summed E-state index contributed by atoms with van der Waals surface area (Å²) in [5.74, 6) is 0. The second-order valence-electron chi connectivity index (χ2n) is 6.67. The molecule has 0 bridgehead atoms. The summed E-state index contributed by atoms with van der Waals surface area (Å²) in [6, 6.07) is 29.6. The van der Waals surface area contributed by atoms with Crippen LogP contribution in [0.3, 0.4) is 0 Å². The number of benzene rings is 3. The van der Waals surface area contributed by atoms with Crippen LogP contribution in [0.5, 0.6) is 0 Å². The van der Waals surface area contributed by atoms with Crippen molar-refractivity contribution in [2.45, 2.75) is 19.8 Å². The Morgan fingerprint density at radius 2 is 1.07 bits per heavy atom. The Labute approximate surface area is 172 Å². The van der Waals surface area contributed by atoms with Gasteiger partial charge >= 0.3 is 155 Å². The van der Waals surface area contributed by atoms with Crippen LogP contribution in [-0.4, -0.2) is 17.0 Å². The normalized spacial score (nSPS) is 12.4. The monoisotopic (exact) mass is 444 g/mol. The number of halogens is 1. The van der Waals surface area contributed by atoms with E-state index in [0.29, 0.717) is 6.16 Å². The number of hydrogen-bond donors (Lipinski definition) is 1. The van der Waals surface area contributed by atoms with Crippen molar-refractivity contribution in [2.75, 3.05) is 6.16 Å². The van der Waals surface area contributed by atoms with E-state index in [4.69, 9.17) is 0 Å². The Morgan fingerprint density at radius 1 is 0.741 bits per heavy atom. The number of unbranched alkanes of at least 4 members (excludes halogenated alkanes) is 1. The van der Waals surface area contributed by atoms with E-state index in [9.17, 15) is 9.90 Å². The molecular formula is C23H26BrO2P. The summed E-state index contributed by atoms with van der Waals surface area (Å²) in [5, 5.41) is 13.7. The quantitative estimate of drug-likeness (QED) is 0.483. The fourth-order valence-corrected chi connectivity index (χ4v) is 9.97. The Balaban J connectivity index is 0.00000261. The first-order valence-electron chi connectivity index (χ1n) is 9.08. The Kier molecular flexibility index (Phi) is 6.97. The van der Waals surface area contributed by atoms with Gasteiger partial charge in [0.05, 0.1) is 0 Å². The van der Waals surface area contributed by atoms with Crippen molar-refractivity contribution in [1.82, 2.24) is 0 Å². The molecule has 0 aliphatic rings. The van der Waals surface area contributed by atoms with E-state index in [-0.39, 0.29) is 17.0 Å². The van der Waals surface area contributed by atoms with Crippen LogP contribution >= 0.6 is 23.6 Å². The number of carboxylic acid groups (broad SMARTS) is 1. The van der Waals surface area contributed by atoms with Gasteiger partial charge in [0.2, 0.25) is 0 Å². The summed E-state index contributed by atoms with van der Waals surface area (Å²) in [5.41, 5.74) is -0.701. The van der Waals surface area contributed by atoms with Gasteiger partial charge in [-0.1, -0.05) is 0 Å². The van der Waals surface area contributed by atoms with E-state index < -0.39 is 12.3 Å². The molecule has 0 spiro atoms. The predicted molar refractivity (Wildman–Crippen MR) is 123 cm³/mol. The minimum atomic E-state index is -3.67. The fourth-order valence-electron chi connectivity index (χ4n) is 4.01. The molecule has 0 aromatic heterocycles. The van der Waals surface area contributed by atoms with E-state index in [1.54, 1.807) is 0 Å². The summed E-state index contributed by atoms with van der Waals surface area (Å²) in [6.07, 6.45) is 2.45. The zero-order chi connectivity index (χ0) is 18.5. The standard InChI is InChI=1S/C23H25O2P.BrH/c1-2-3-19-26(23(24)25,20-13-7-4-8-14-20,21-15-9-5-10-16-21)22-17-11-6-12-18-22;/h4-18H,2-3,19H2,1H3,(H,24,25);1H. The number of carbonyl (C=O) groups is 1. The molecule has 3 aromatic rings. The molecule has 0 heterocycles. The van der Waals surface area contributed by atoms with Crippen LogP contribution in [-0.2, 0) is 0 Å². The predicted octanol–water partition coefficient (Wildman–Crippen LogP) is 5.57. The third-order valence-corrected chi connectivity index (χ3v) is 11.7. The van der Waals surface area contributed by atoms with Crippen LogP contribution < -0.4 is 15.9 Å². The number of rotatable bonds is 7. The van der Waals surface area contributed by atoms with Crippen molar-refractivity contribution in [3.63, 3.8) is 0 Å². The first-order valence-corrected chi connectivity index (χ1v) is 11.5. The van der Waals surface area contributed by atoms with Gasteiger partial charge in [0, 0.05) is 0 Å². The second-order valence-corrected chi connectivity index (χ2v) is 11.7. The van der Waals surface area contributed by atoms with Gasteiger partial charge < -0.3 is 0 Å². The molecular weight excluding hydrogens is 419 g/mol. The van der Waals surface area contributed by atoms with Crippen LogP contribution in [0.1, 0.15) is 19.8 Å². The Morgan fingerprint density at radius 3 is 1.33 bits per heavy atom. The molecule has 0 aliphatic carbocycles. The Bertz CT molecular complexity index is 767. The van der Waals surface area contributed by atoms with Crippen LogP contribution in [0, 0.1) is 0 Å². The van der Waals surface area contributed by atoms with Gasteiger partial charge in [0.15, 0.2) is 0 Å². The van der Waals surface area contributed by atoms with Crippen LogP contribution in [0.15, 0.2) is 91.0 Å². The second kappa shape index (κ2) is 8.82. The van der Waals surface area contributed by atoms with Crippen molar-refractivity contribution in [3.05, 3.63) is 91.0 Å². The van der Waals surface area contributed by atoms with Crippen molar-refractivity contribution >= 4 is 45.2 Å². The van der Waals surface area contributed by atoms with E-state index in [1.807, 2.05) is 91.0 Å². The molecule has 0 radical (unpaired) electrons. The van der Waals surface area contributed by atoms with Crippen LogP contribution in [0.2, 0.25) is 0 Å². The van der Waals surface area contributed by atoms with Crippen LogP contribution in [0.4, 0.5) is 4.79 Å². The van der Waals surface area contributed by atoms with Gasteiger partial charge in [-0.25, -0.2) is 0 Å². The topological polar surface area (TPSA) is 37.3 Å². The first kappa shape index (κ1) is 21.3. The summed E-state index contributed by atoms with van der Waals surface area (Å²) in [7, 11) is 0. The van der Waals surface area contributed by atoms with Crippen LogP contribution in [0.25, 0.3) is 0 Å². The molecule has 3 aromatic carbocycles. The zero-order valence-electron chi connectivity index (χ0n) is 15.5. The van der Waals surface area contributed by atoms with Crippen molar-refractivity contribution < 1.29 is 9.90 Å². The van der Waals surface area contributed by atoms with Crippen molar-refractivity contribution in [3.8, 4) is 0 Å². The molecule has 2 nitrogen and oxygen atoms in total. The van der Waals surface area contributed by atoms with Gasteiger partial charge in [-0.2, -0.15) is 0 Å². The third kappa shape index (κ3) is 3.24. The maximum absolute atomic E-state index is 13.3. The molecule has 0 aliphatic heterocycles. The molecule has 0 amide bonds. The molecule has 0 unspecified atom stereocenters. The zero-order valence-corrected chi connectivity index (χ0v) is 18.1. The third-order valence-electron chi connectivity index (χ3n) is 5.36. The summed E-state index contributed by atoms with van der Waals surface area (Å²) in [6.45, 7) is -1.55.